The molecule has 0 atom stereocenters. The molecule has 2 aromatic carbocycles. The van der Waals surface area contributed by atoms with E-state index in [4.69, 9.17) is 9.47 Å². The summed E-state index contributed by atoms with van der Waals surface area (Å²) in [6.45, 7) is 1.16. The lowest BCUT2D eigenvalue weighted by Gasteiger charge is -2.24. The molecular weight excluding hydrogens is 443 g/mol. The Balaban J connectivity index is 1.63. The van der Waals surface area contributed by atoms with Gasteiger partial charge in [0.2, 0.25) is 5.13 Å². The van der Waals surface area contributed by atoms with Crippen LogP contribution in [0.3, 0.4) is 0 Å². The van der Waals surface area contributed by atoms with Gasteiger partial charge in [-0.25, -0.2) is 17.8 Å². The van der Waals surface area contributed by atoms with Crippen molar-refractivity contribution < 1.29 is 22.3 Å². The molecule has 1 fully saturated rings. The molecule has 3 aromatic rings. The van der Waals surface area contributed by atoms with Crippen LogP contribution in [0.5, 0.6) is 11.5 Å². The smallest absolute Gasteiger partial charge is 0.263 e. The van der Waals surface area contributed by atoms with E-state index < -0.39 is 10.0 Å². The number of sulfonamides is 1. The van der Waals surface area contributed by atoms with Crippen molar-refractivity contribution in [2.24, 2.45) is 0 Å². The normalized spacial score (nSPS) is 14.7. The SMILES string of the molecule is N#Cc1cc(S(=O)(=O)Nc2ncns2)ccc1Oc1ccc(F)cc1C1CCOCC1. The lowest BCUT2D eigenvalue weighted by Crippen LogP contribution is -2.15. The summed E-state index contributed by atoms with van der Waals surface area (Å²) in [5.74, 6) is 0.295. The third kappa shape index (κ3) is 4.82. The van der Waals surface area contributed by atoms with Crippen LogP contribution in [0, 0.1) is 17.1 Å². The van der Waals surface area contributed by atoms with Gasteiger partial charge in [-0.1, -0.05) is 0 Å². The van der Waals surface area contributed by atoms with E-state index in [9.17, 15) is 18.1 Å². The van der Waals surface area contributed by atoms with E-state index in [2.05, 4.69) is 14.1 Å². The molecule has 1 N–H and O–H groups in total. The van der Waals surface area contributed by atoms with Gasteiger partial charge >= 0.3 is 0 Å². The fraction of sp³-hybridized carbons (Fsp3) is 0.250. The van der Waals surface area contributed by atoms with Gasteiger partial charge in [0.05, 0.1) is 10.5 Å². The fourth-order valence-electron chi connectivity index (χ4n) is 3.30. The Morgan fingerprint density at radius 3 is 2.68 bits per heavy atom. The van der Waals surface area contributed by atoms with Crippen LogP contribution in [0.4, 0.5) is 9.52 Å². The fourth-order valence-corrected chi connectivity index (χ4v) is 4.99. The van der Waals surface area contributed by atoms with Crippen LogP contribution in [-0.2, 0) is 14.8 Å². The molecule has 8 nitrogen and oxygen atoms in total. The highest BCUT2D eigenvalue weighted by atomic mass is 32.2. The van der Waals surface area contributed by atoms with Gasteiger partial charge in [-0.2, -0.15) is 9.64 Å². The Kier molecular flexibility index (Phi) is 6.13. The number of anilines is 1. The van der Waals surface area contributed by atoms with Crippen molar-refractivity contribution in [2.45, 2.75) is 23.7 Å². The van der Waals surface area contributed by atoms with E-state index in [1.54, 1.807) is 0 Å². The molecule has 0 aliphatic carbocycles. The first-order valence-electron chi connectivity index (χ1n) is 9.35. The number of benzene rings is 2. The molecule has 4 rings (SSSR count). The molecule has 0 bridgehead atoms. The molecule has 1 aliphatic rings. The zero-order chi connectivity index (χ0) is 21.8. The Morgan fingerprint density at radius 1 is 1.19 bits per heavy atom. The lowest BCUT2D eigenvalue weighted by atomic mass is 9.91. The maximum Gasteiger partial charge on any atom is 0.263 e. The highest BCUT2D eigenvalue weighted by Crippen LogP contribution is 2.37. The van der Waals surface area contributed by atoms with Crippen molar-refractivity contribution >= 4 is 26.7 Å². The van der Waals surface area contributed by atoms with Crippen molar-refractivity contribution in [3.63, 3.8) is 0 Å². The van der Waals surface area contributed by atoms with Crippen molar-refractivity contribution in [3.8, 4) is 17.6 Å². The molecule has 1 aromatic heterocycles. The van der Waals surface area contributed by atoms with Crippen LogP contribution >= 0.6 is 11.5 Å². The molecule has 160 valence electrons. The van der Waals surface area contributed by atoms with Crippen LogP contribution in [0.1, 0.15) is 29.9 Å². The average molecular weight is 461 g/mol. The molecule has 0 radical (unpaired) electrons. The van der Waals surface area contributed by atoms with Gasteiger partial charge in [-0.15, -0.1) is 0 Å². The molecule has 1 saturated heterocycles. The number of nitrogens with one attached hydrogen (secondary N) is 1. The minimum atomic E-state index is -3.95. The summed E-state index contributed by atoms with van der Waals surface area (Å²) in [4.78, 5) is 3.68. The van der Waals surface area contributed by atoms with Crippen LogP contribution in [0.15, 0.2) is 47.6 Å². The van der Waals surface area contributed by atoms with Gasteiger partial charge in [-0.05, 0) is 55.2 Å². The number of nitrogens with zero attached hydrogens (tertiary/aromatic N) is 3. The van der Waals surface area contributed by atoms with E-state index >= 15 is 0 Å². The quantitative estimate of drug-likeness (QED) is 0.590. The van der Waals surface area contributed by atoms with Gasteiger partial charge in [0.25, 0.3) is 10.0 Å². The molecule has 0 spiro atoms. The number of hydrogen-bond donors (Lipinski definition) is 1. The molecular formula is C20H17FN4O4S2. The zero-order valence-corrected chi connectivity index (χ0v) is 17.7. The Bertz CT molecular complexity index is 1220. The van der Waals surface area contributed by atoms with Gasteiger partial charge < -0.3 is 9.47 Å². The number of nitriles is 1. The average Bonchev–Trinajstić information content (AvgIpc) is 3.28. The first-order chi connectivity index (χ1) is 15.0. The van der Waals surface area contributed by atoms with Gasteiger partial charge in [-0.3, -0.25) is 4.72 Å². The van der Waals surface area contributed by atoms with Crippen molar-refractivity contribution in [2.75, 3.05) is 17.9 Å². The Morgan fingerprint density at radius 2 is 1.97 bits per heavy atom. The van der Waals surface area contributed by atoms with E-state index in [-0.39, 0.29) is 33.1 Å². The molecule has 1 aliphatic heterocycles. The van der Waals surface area contributed by atoms with E-state index in [1.165, 1.54) is 42.7 Å². The second kappa shape index (κ2) is 8.97. The second-order valence-electron chi connectivity index (χ2n) is 6.79. The molecule has 11 heteroatoms. The standard InChI is InChI=1S/C20H17FN4O4S2/c21-15-1-3-19(17(10-15)13-5-7-28-8-6-13)29-18-4-2-16(9-14(18)11-22)31(26,27)25-20-23-12-24-30-20/h1-4,9-10,12-13H,5-8H2,(H,23,24,25). The van der Waals surface area contributed by atoms with Crippen molar-refractivity contribution in [1.29, 1.82) is 5.26 Å². The molecule has 0 saturated carbocycles. The highest BCUT2D eigenvalue weighted by Gasteiger charge is 2.22. The van der Waals surface area contributed by atoms with Crippen molar-refractivity contribution in [1.82, 2.24) is 9.36 Å². The summed E-state index contributed by atoms with van der Waals surface area (Å²) in [6.07, 6.45) is 2.71. The van der Waals surface area contributed by atoms with Crippen LogP contribution in [0.2, 0.25) is 0 Å². The number of rotatable bonds is 6. The predicted octanol–water partition coefficient (Wildman–Crippen LogP) is 4.04. The molecule has 31 heavy (non-hydrogen) atoms. The Labute approximate surface area is 182 Å². The van der Waals surface area contributed by atoms with E-state index in [1.807, 2.05) is 6.07 Å². The van der Waals surface area contributed by atoms with E-state index in [0.29, 0.717) is 24.5 Å². The number of hydrogen-bond acceptors (Lipinski definition) is 8. The summed E-state index contributed by atoms with van der Waals surface area (Å²) < 4.78 is 56.4. The first-order valence-corrected chi connectivity index (χ1v) is 11.6. The molecule has 0 unspecified atom stereocenters. The third-order valence-electron chi connectivity index (χ3n) is 4.82. The summed E-state index contributed by atoms with van der Waals surface area (Å²) >= 11 is 0.895. The van der Waals surface area contributed by atoms with Crippen LogP contribution < -0.4 is 9.46 Å². The van der Waals surface area contributed by atoms with Crippen LogP contribution in [-0.4, -0.2) is 31.0 Å². The number of ether oxygens (including phenoxy) is 2. The molecule has 0 amide bonds. The minimum absolute atomic E-state index is 0.0300. The summed E-state index contributed by atoms with van der Waals surface area (Å²) in [6, 6.07) is 10.2. The maximum atomic E-state index is 13.9. The summed E-state index contributed by atoms with van der Waals surface area (Å²) in [5, 5.41) is 9.68. The largest absolute Gasteiger partial charge is 0.456 e. The van der Waals surface area contributed by atoms with Crippen molar-refractivity contribution in [3.05, 3.63) is 59.7 Å². The summed E-state index contributed by atoms with van der Waals surface area (Å²) in [5.41, 5.74) is 0.726. The number of halogens is 1. The zero-order valence-electron chi connectivity index (χ0n) is 16.1. The lowest BCUT2D eigenvalue weighted by molar-refractivity contribution is 0.0848. The third-order valence-corrected chi connectivity index (χ3v) is 6.86. The van der Waals surface area contributed by atoms with Crippen LogP contribution in [0.25, 0.3) is 0 Å². The first kappa shape index (κ1) is 21.2. The predicted molar refractivity (Wildman–Crippen MR) is 111 cm³/mol. The second-order valence-corrected chi connectivity index (χ2v) is 9.26. The van der Waals surface area contributed by atoms with Gasteiger partial charge in [0.1, 0.15) is 29.7 Å². The van der Waals surface area contributed by atoms with E-state index in [0.717, 1.165) is 24.4 Å². The van der Waals surface area contributed by atoms with Gasteiger partial charge in [0, 0.05) is 30.3 Å². The topological polar surface area (TPSA) is 114 Å². The number of aromatic nitrogens is 2. The maximum absolute atomic E-state index is 13.9. The Hall–Kier alpha value is -3.07. The minimum Gasteiger partial charge on any atom is -0.456 e. The summed E-state index contributed by atoms with van der Waals surface area (Å²) in [7, 11) is -3.95. The highest BCUT2D eigenvalue weighted by molar-refractivity contribution is 7.93. The van der Waals surface area contributed by atoms with Gasteiger partial charge in [0.15, 0.2) is 0 Å². The monoisotopic (exact) mass is 460 g/mol. The molecule has 2 heterocycles.